The fourth-order valence-corrected chi connectivity index (χ4v) is 1.80. The van der Waals surface area contributed by atoms with E-state index in [2.05, 4.69) is 36.2 Å². The Morgan fingerprint density at radius 2 is 2.21 bits per heavy atom. The maximum atomic E-state index is 5.49. The van der Waals surface area contributed by atoms with Gasteiger partial charge in [0.2, 0.25) is 5.95 Å². The number of fused-ring (bicyclic) bond motifs is 1. The van der Waals surface area contributed by atoms with E-state index in [1.165, 1.54) is 5.56 Å². The number of ether oxygens (including phenoxy) is 1. The summed E-state index contributed by atoms with van der Waals surface area (Å²) in [6.07, 6.45) is 4.36. The Morgan fingerprint density at radius 3 is 3.00 bits per heavy atom. The lowest BCUT2D eigenvalue weighted by Crippen LogP contribution is -2.07. The highest BCUT2D eigenvalue weighted by Crippen LogP contribution is 2.07. The van der Waals surface area contributed by atoms with Crippen LogP contribution in [0.1, 0.15) is 32.3 Å². The van der Waals surface area contributed by atoms with E-state index in [0.717, 1.165) is 31.6 Å². The Kier molecular flexibility index (Phi) is 4.74. The van der Waals surface area contributed by atoms with Crippen molar-refractivity contribution in [3.63, 3.8) is 0 Å². The molecule has 19 heavy (non-hydrogen) atoms. The van der Waals surface area contributed by atoms with E-state index in [1.807, 2.05) is 18.3 Å². The molecule has 5 nitrogen and oxygen atoms in total. The monoisotopic (exact) mass is 262 g/mol. The van der Waals surface area contributed by atoms with E-state index >= 15 is 0 Å². The molecule has 2 heterocycles. The molecule has 0 saturated carbocycles. The predicted molar refractivity (Wildman–Crippen MR) is 76.5 cm³/mol. The molecule has 0 aliphatic heterocycles. The van der Waals surface area contributed by atoms with Crippen LogP contribution in [0.5, 0.6) is 0 Å². The largest absolute Gasteiger partial charge is 0.379 e. The van der Waals surface area contributed by atoms with Crippen LogP contribution in [0, 0.1) is 6.92 Å². The molecule has 0 amide bonds. The van der Waals surface area contributed by atoms with Crippen LogP contribution in [0.15, 0.2) is 18.3 Å². The fourth-order valence-electron chi connectivity index (χ4n) is 1.80. The van der Waals surface area contributed by atoms with Gasteiger partial charge in [0.25, 0.3) is 0 Å². The number of aryl methyl sites for hydroxylation is 1. The molecule has 0 aliphatic rings. The zero-order valence-electron chi connectivity index (χ0n) is 11.9. The number of rotatable bonds is 7. The summed E-state index contributed by atoms with van der Waals surface area (Å²) in [6.45, 7) is 7.85. The standard InChI is InChI=1S/C14H22N4O/c1-11(2)19-9-5-4-7-15-14-16-13-10-12(3)6-8-18(13)17-14/h6,8,10-11H,4-5,7,9H2,1-3H3,(H,15,17). The molecule has 0 unspecified atom stereocenters. The molecule has 2 aromatic heterocycles. The molecular weight excluding hydrogens is 240 g/mol. The van der Waals surface area contributed by atoms with Gasteiger partial charge in [-0.05, 0) is 51.3 Å². The Labute approximate surface area is 114 Å². The highest BCUT2D eigenvalue weighted by molar-refractivity contribution is 5.45. The average molecular weight is 262 g/mol. The quantitative estimate of drug-likeness (QED) is 0.779. The smallest absolute Gasteiger partial charge is 0.243 e. The molecule has 1 N–H and O–H groups in total. The zero-order valence-corrected chi connectivity index (χ0v) is 11.9. The van der Waals surface area contributed by atoms with Gasteiger partial charge >= 0.3 is 0 Å². The van der Waals surface area contributed by atoms with E-state index in [9.17, 15) is 0 Å². The van der Waals surface area contributed by atoms with E-state index in [-0.39, 0.29) is 0 Å². The van der Waals surface area contributed by atoms with Crippen molar-refractivity contribution in [3.8, 4) is 0 Å². The first-order valence-corrected chi connectivity index (χ1v) is 6.83. The van der Waals surface area contributed by atoms with Crippen molar-refractivity contribution in [3.05, 3.63) is 23.9 Å². The van der Waals surface area contributed by atoms with Crippen molar-refractivity contribution in [2.75, 3.05) is 18.5 Å². The zero-order chi connectivity index (χ0) is 13.7. The van der Waals surface area contributed by atoms with Crippen molar-refractivity contribution in [1.29, 1.82) is 0 Å². The number of aromatic nitrogens is 3. The highest BCUT2D eigenvalue weighted by Gasteiger charge is 2.02. The molecule has 0 bridgehead atoms. The Hall–Kier alpha value is -1.62. The second kappa shape index (κ2) is 6.52. The van der Waals surface area contributed by atoms with Gasteiger partial charge in [-0.3, -0.25) is 0 Å². The normalized spacial score (nSPS) is 11.4. The molecule has 0 spiro atoms. The van der Waals surface area contributed by atoms with Crippen LogP contribution in [0.2, 0.25) is 0 Å². The number of pyridine rings is 1. The lowest BCUT2D eigenvalue weighted by atomic mass is 10.3. The molecule has 0 saturated heterocycles. The van der Waals surface area contributed by atoms with E-state index in [1.54, 1.807) is 4.52 Å². The Bertz CT molecular complexity index is 521. The first kappa shape index (κ1) is 13.8. The molecule has 2 aromatic rings. The van der Waals surface area contributed by atoms with Crippen LogP contribution in [0.4, 0.5) is 5.95 Å². The van der Waals surface area contributed by atoms with Crippen LogP contribution in [0.3, 0.4) is 0 Å². The maximum Gasteiger partial charge on any atom is 0.243 e. The summed E-state index contributed by atoms with van der Waals surface area (Å²) in [6, 6.07) is 4.05. The van der Waals surface area contributed by atoms with Gasteiger partial charge in [-0.25, -0.2) is 4.52 Å². The van der Waals surface area contributed by atoms with Crippen molar-refractivity contribution >= 4 is 11.6 Å². The first-order valence-electron chi connectivity index (χ1n) is 6.83. The molecule has 0 aromatic carbocycles. The molecule has 104 valence electrons. The summed E-state index contributed by atoms with van der Waals surface area (Å²) in [4.78, 5) is 4.43. The van der Waals surface area contributed by atoms with Gasteiger partial charge in [-0.1, -0.05) is 0 Å². The van der Waals surface area contributed by atoms with E-state index in [4.69, 9.17) is 4.74 Å². The third-order valence-corrected chi connectivity index (χ3v) is 2.80. The van der Waals surface area contributed by atoms with Crippen LogP contribution in [-0.2, 0) is 4.74 Å². The minimum absolute atomic E-state index is 0.316. The number of anilines is 1. The van der Waals surface area contributed by atoms with Gasteiger partial charge in [-0.15, -0.1) is 5.10 Å². The third-order valence-electron chi connectivity index (χ3n) is 2.80. The topological polar surface area (TPSA) is 51.5 Å². The van der Waals surface area contributed by atoms with Crippen molar-refractivity contribution in [2.24, 2.45) is 0 Å². The minimum atomic E-state index is 0.316. The van der Waals surface area contributed by atoms with Gasteiger partial charge in [0.15, 0.2) is 5.65 Å². The first-order chi connectivity index (χ1) is 9.15. The third kappa shape index (κ3) is 4.21. The molecule has 5 heteroatoms. The number of hydrogen-bond acceptors (Lipinski definition) is 4. The average Bonchev–Trinajstić information content (AvgIpc) is 2.75. The number of hydrogen-bond donors (Lipinski definition) is 1. The van der Waals surface area contributed by atoms with Crippen LogP contribution < -0.4 is 5.32 Å². The van der Waals surface area contributed by atoms with Crippen molar-refractivity contribution in [1.82, 2.24) is 14.6 Å². The fraction of sp³-hybridized carbons (Fsp3) is 0.571. The molecule has 0 radical (unpaired) electrons. The summed E-state index contributed by atoms with van der Waals surface area (Å²) >= 11 is 0. The van der Waals surface area contributed by atoms with Gasteiger partial charge in [-0.2, -0.15) is 4.98 Å². The van der Waals surface area contributed by atoms with Gasteiger partial charge in [0.1, 0.15) is 0 Å². The lowest BCUT2D eigenvalue weighted by Gasteiger charge is -2.06. The lowest BCUT2D eigenvalue weighted by molar-refractivity contribution is 0.0765. The molecule has 0 aliphatic carbocycles. The molecular formula is C14H22N4O. The molecule has 0 fully saturated rings. The summed E-state index contributed by atoms with van der Waals surface area (Å²) in [5.74, 6) is 0.690. The van der Waals surface area contributed by atoms with E-state index in [0.29, 0.717) is 12.1 Å². The SMILES string of the molecule is Cc1ccn2nc(NCCCCOC(C)C)nc2c1. The molecule has 2 rings (SSSR count). The van der Waals surface area contributed by atoms with Crippen LogP contribution >= 0.6 is 0 Å². The minimum Gasteiger partial charge on any atom is -0.379 e. The summed E-state index contributed by atoms with van der Waals surface area (Å²) in [5, 5.41) is 7.61. The predicted octanol–water partition coefficient (Wildman–Crippen LogP) is 2.65. The Balaban J connectivity index is 1.75. The maximum absolute atomic E-state index is 5.49. The van der Waals surface area contributed by atoms with Gasteiger partial charge < -0.3 is 10.1 Å². The highest BCUT2D eigenvalue weighted by atomic mass is 16.5. The van der Waals surface area contributed by atoms with Crippen LogP contribution in [0.25, 0.3) is 5.65 Å². The number of nitrogens with one attached hydrogen (secondary N) is 1. The Morgan fingerprint density at radius 1 is 1.37 bits per heavy atom. The van der Waals surface area contributed by atoms with Gasteiger partial charge in [0, 0.05) is 19.3 Å². The van der Waals surface area contributed by atoms with Crippen LogP contribution in [-0.4, -0.2) is 33.9 Å². The summed E-state index contributed by atoms with van der Waals surface area (Å²) < 4.78 is 7.28. The van der Waals surface area contributed by atoms with Crippen molar-refractivity contribution in [2.45, 2.75) is 39.7 Å². The summed E-state index contributed by atoms with van der Waals surface area (Å²) in [7, 11) is 0. The number of unbranched alkanes of at least 4 members (excludes halogenated alkanes) is 1. The summed E-state index contributed by atoms with van der Waals surface area (Å²) in [5.41, 5.74) is 2.07. The molecule has 0 atom stereocenters. The second-order valence-corrected chi connectivity index (χ2v) is 5.00. The van der Waals surface area contributed by atoms with Crippen molar-refractivity contribution < 1.29 is 4.74 Å². The van der Waals surface area contributed by atoms with E-state index < -0.39 is 0 Å². The van der Waals surface area contributed by atoms with Gasteiger partial charge in [0.05, 0.1) is 6.10 Å². The second-order valence-electron chi connectivity index (χ2n) is 5.00. The number of nitrogens with zero attached hydrogens (tertiary/aromatic N) is 3.